The molecule has 8 aromatic rings. The van der Waals surface area contributed by atoms with Crippen LogP contribution < -0.4 is 9.47 Å². The number of hydrogen-bond donors (Lipinski definition) is 2. The van der Waals surface area contributed by atoms with E-state index in [-0.39, 0.29) is 29.7 Å². The molecule has 11 rings (SSSR count). The first-order valence-corrected chi connectivity index (χ1v) is 26.5. The van der Waals surface area contributed by atoms with Crippen molar-refractivity contribution in [2.75, 3.05) is 39.3 Å². The number of aromatic amines is 1. The monoisotopic (exact) mass is 1060 g/mol. The molecular weight excluding hydrogens is 996 g/mol. The predicted octanol–water partition coefficient (Wildman–Crippen LogP) is 12.1. The van der Waals surface area contributed by atoms with Crippen LogP contribution in [0.5, 0.6) is 11.5 Å². The van der Waals surface area contributed by atoms with Gasteiger partial charge in [0.15, 0.2) is 10.4 Å². The zero-order valence-electron chi connectivity index (χ0n) is 43.0. The summed E-state index contributed by atoms with van der Waals surface area (Å²) < 4.78 is 26.9. The molecule has 0 saturated carbocycles. The van der Waals surface area contributed by atoms with Crippen molar-refractivity contribution >= 4 is 34.8 Å². The highest BCUT2D eigenvalue weighted by molar-refractivity contribution is 7.71. The van der Waals surface area contributed by atoms with Crippen molar-refractivity contribution in [3.8, 4) is 17.2 Å². The fourth-order valence-electron chi connectivity index (χ4n) is 9.42. The first kappa shape index (κ1) is 55.6. The number of nitro groups is 2. The van der Waals surface area contributed by atoms with Crippen LogP contribution in [-0.2, 0) is 19.6 Å². The number of non-ortho nitro benzene ring substituents is 2. The number of nitro benzene ring substituents is 2. The van der Waals surface area contributed by atoms with E-state index in [0.29, 0.717) is 10.5 Å². The van der Waals surface area contributed by atoms with Gasteiger partial charge < -0.3 is 19.6 Å². The first-order chi connectivity index (χ1) is 37.5. The Hall–Kier alpha value is -7.67. The van der Waals surface area contributed by atoms with Crippen LogP contribution in [-0.4, -0.2) is 102 Å². The lowest BCUT2D eigenvalue weighted by molar-refractivity contribution is -0.385. The zero-order chi connectivity index (χ0) is 53.8. The summed E-state index contributed by atoms with van der Waals surface area (Å²) >= 11 is 5.49. The van der Waals surface area contributed by atoms with E-state index in [2.05, 4.69) is 104 Å². The summed E-state index contributed by atoms with van der Waals surface area (Å²) in [6.45, 7) is 9.20. The lowest BCUT2D eigenvalue weighted by Crippen LogP contribution is -2.37. The minimum Gasteiger partial charge on any atom is -0.490 e. The number of piperidine rings is 3. The molecule has 0 amide bonds. The number of imidazole rings is 1. The fraction of sp³-hybridized carbons (Fsp3) is 0.300. The molecule has 15 nitrogen and oxygen atoms in total. The molecule has 0 radical (unpaired) electrons. The van der Waals surface area contributed by atoms with Gasteiger partial charge in [-0.3, -0.25) is 39.5 Å². The van der Waals surface area contributed by atoms with Gasteiger partial charge in [0, 0.05) is 89.4 Å². The molecule has 0 aliphatic carbocycles. The third-order valence-electron chi connectivity index (χ3n) is 13.6. The van der Waals surface area contributed by atoms with Gasteiger partial charge in [-0.25, -0.2) is 9.37 Å². The summed E-state index contributed by atoms with van der Waals surface area (Å²) in [7, 11) is 0. The summed E-state index contributed by atoms with van der Waals surface area (Å²) in [5.41, 5.74) is 6.82. The Labute approximate surface area is 453 Å². The van der Waals surface area contributed by atoms with Crippen molar-refractivity contribution in [3.05, 3.63) is 230 Å². The summed E-state index contributed by atoms with van der Waals surface area (Å²) in [6.07, 6.45) is 8.05. The van der Waals surface area contributed by atoms with E-state index < -0.39 is 15.7 Å². The Morgan fingerprint density at radius 2 is 0.935 bits per heavy atom. The van der Waals surface area contributed by atoms with Gasteiger partial charge in [-0.05, 0) is 128 Å². The van der Waals surface area contributed by atoms with Gasteiger partial charge in [-0.15, -0.1) is 0 Å². The van der Waals surface area contributed by atoms with Crippen molar-refractivity contribution in [3.63, 3.8) is 0 Å². The lowest BCUT2D eigenvalue weighted by atomic mass is 10.1. The Morgan fingerprint density at radius 1 is 0.545 bits per heavy atom. The molecule has 5 heterocycles. The van der Waals surface area contributed by atoms with Gasteiger partial charge in [0.1, 0.15) is 29.5 Å². The SMILES string of the molecule is O=[N+]([O-])c1ccc(F)cc1.O=[N+]([O-])c1ccc(OC2CCN(Cc3ccccc3)CC2)cc1.OC1CCN(Cc2ccccc2)CC1.S=c1[nH]c2cccnc2n1-c1ccc(OC2CCN(Cc3ccccc3)CC2)cc1. The van der Waals surface area contributed by atoms with Crippen LogP contribution in [0.2, 0.25) is 0 Å². The normalized spacial score (nSPS) is 15.7. The Kier molecular flexibility index (Phi) is 20.5. The molecular formula is C60H65FN8O7S. The molecule has 3 saturated heterocycles. The molecule has 77 heavy (non-hydrogen) atoms. The molecule has 6 aromatic carbocycles. The van der Waals surface area contributed by atoms with E-state index >= 15 is 0 Å². The number of fused-ring (bicyclic) bond motifs is 1. The van der Waals surface area contributed by atoms with Crippen LogP contribution in [0.25, 0.3) is 16.9 Å². The number of aliphatic hydroxyl groups is 1. The van der Waals surface area contributed by atoms with E-state index in [1.54, 1.807) is 18.3 Å². The number of aliphatic hydroxyl groups excluding tert-OH is 1. The first-order valence-electron chi connectivity index (χ1n) is 26.1. The average Bonchev–Trinajstić information content (AvgIpc) is 3.84. The van der Waals surface area contributed by atoms with Crippen LogP contribution in [0, 0.1) is 30.8 Å². The smallest absolute Gasteiger partial charge is 0.269 e. The summed E-state index contributed by atoms with van der Waals surface area (Å²) in [6, 6.07) is 54.3. The number of ether oxygens (including phenoxy) is 2. The lowest BCUT2D eigenvalue weighted by Gasteiger charge is -2.32. The zero-order valence-corrected chi connectivity index (χ0v) is 43.8. The van der Waals surface area contributed by atoms with Crippen molar-refractivity contribution in [1.29, 1.82) is 0 Å². The molecule has 0 bridgehead atoms. The number of H-pyrrole nitrogens is 1. The molecule has 17 heteroatoms. The molecule has 0 spiro atoms. The third kappa shape index (κ3) is 17.4. The topological polar surface area (TPSA) is 168 Å². The minimum atomic E-state index is -0.570. The number of aromatic nitrogens is 3. The van der Waals surface area contributed by atoms with Crippen molar-refractivity contribution < 1.29 is 28.8 Å². The number of benzene rings is 6. The highest BCUT2D eigenvalue weighted by Crippen LogP contribution is 2.26. The number of halogens is 1. The van der Waals surface area contributed by atoms with Crippen molar-refractivity contribution in [1.82, 2.24) is 29.2 Å². The third-order valence-corrected chi connectivity index (χ3v) is 13.9. The maximum Gasteiger partial charge on any atom is 0.269 e. The second-order valence-corrected chi connectivity index (χ2v) is 19.7. The number of likely N-dealkylation sites (tertiary alicyclic amines) is 3. The number of hydrogen-bond acceptors (Lipinski definition) is 12. The van der Waals surface area contributed by atoms with Gasteiger partial charge in [-0.1, -0.05) is 91.0 Å². The van der Waals surface area contributed by atoms with Gasteiger partial charge in [0.05, 0.1) is 27.2 Å². The number of nitrogens with zero attached hydrogens (tertiary/aromatic N) is 7. The predicted molar refractivity (Wildman–Crippen MR) is 300 cm³/mol. The van der Waals surface area contributed by atoms with E-state index in [1.165, 1.54) is 28.8 Å². The van der Waals surface area contributed by atoms with Crippen LogP contribution >= 0.6 is 12.2 Å². The van der Waals surface area contributed by atoms with Gasteiger partial charge in [0.2, 0.25) is 0 Å². The molecule has 3 fully saturated rings. The Bertz CT molecular complexity index is 3090. The van der Waals surface area contributed by atoms with Crippen LogP contribution in [0.3, 0.4) is 0 Å². The second kappa shape index (κ2) is 28.5. The molecule has 0 unspecified atom stereocenters. The van der Waals surface area contributed by atoms with Crippen LogP contribution in [0.1, 0.15) is 55.2 Å². The van der Waals surface area contributed by atoms with E-state index in [9.17, 15) is 29.7 Å². The standard InChI is InChI=1S/C24H24N4OS.C18H20N2O3.C12H17NO.C6H4FNO2/c30-24-26-22-7-4-14-25-23(22)28(24)19-8-10-20(11-9-19)29-21-12-15-27(16-13-21)17-18-5-2-1-3-6-18;21-20(22)16-6-8-17(9-7-16)23-18-10-12-19(13-11-18)14-15-4-2-1-3-5-15;14-12-6-8-13(9-7-12)10-11-4-2-1-3-5-11;7-5-1-3-6(4-2-5)8(9)10/h1-11,14,21H,12-13,15-17H2,(H,26,30);1-9,18H,10-14H2;1-5,12,14H,6-10H2;1-4H. The number of pyridine rings is 1. The van der Waals surface area contributed by atoms with E-state index in [4.69, 9.17) is 21.7 Å². The molecule has 0 atom stereocenters. The number of rotatable bonds is 13. The van der Waals surface area contributed by atoms with E-state index in [0.717, 1.165) is 144 Å². The van der Waals surface area contributed by atoms with Crippen molar-refractivity contribution in [2.45, 2.75) is 76.5 Å². The Morgan fingerprint density at radius 3 is 1.35 bits per heavy atom. The van der Waals surface area contributed by atoms with Crippen molar-refractivity contribution in [2.24, 2.45) is 0 Å². The quantitative estimate of drug-likeness (QED) is 0.0638. The fourth-order valence-corrected chi connectivity index (χ4v) is 9.72. The molecule has 2 aromatic heterocycles. The largest absolute Gasteiger partial charge is 0.490 e. The van der Waals surface area contributed by atoms with Crippen LogP contribution in [0.15, 0.2) is 182 Å². The van der Waals surface area contributed by atoms with Gasteiger partial charge in [0.25, 0.3) is 11.4 Å². The highest BCUT2D eigenvalue weighted by atomic mass is 32.1. The maximum absolute atomic E-state index is 12.1. The molecule has 400 valence electrons. The van der Waals surface area contributed by atoms with Crippen LogP contribution in [0.4, 0.5) is 15.8 Å². The van der Waals surface area contributed by atoms with E-state index in [1.807, 2.05) is 53.1 Å². The summed E-state index contributed by atoms with van der Waals surface area (Å²) in [4.78, 5) is 34.7. The van der Waals surface area contributed by atoms with Gasteiger partial charge in [-0.2, -0.15) is 0 Å². The minimum absolute atomic E-state index is 0.0676. The molecule has 2 N–H and O–H groups in total. The summed E-state index contributed by atoms with van der Waals surface area (Å²) in [5.74, 6) is 1.14. The Balaban J connectivity index is 0.000000147. The molecule has 3 aliphatic rings. The average molecular weight is 1060 g/mol. The second-order valence-electron chi connectivity index (χ2n) is 19.3. The molecule has 3 aliphatic heterocycles. The maximum atomic E-state index is 12.1. The highest BCUT2D eigenvalue weighted by Gasteiger charge is 2.23. The van der Waals surface area contributed by atoms with Gasteiger partial charge >= 0.3 is 0 Å². The number of nitrogens with one attached hydrogen (secondary N) is 1. The summed E-state index contributed by atoms with van der Waals surface area (Å²) in [5, 5.41) is 30.0.